The maximum Gasteiger partial charge on any atom is 0.322 e. The third-order valence-corrected chi connectivity index (χ3v) is 4.94. The summed E-state index contributed by atoms with van der Waals surface area (Å²) in [5.74, 6) is 1.46. The molecule has 1 fully saturated rings. The number of hydrogen-bond donors (Lipinski definition) is 1. The van der Waals surface area contributed by atoms with E-state index in [1.54, 1.807) is 33.5 Å². The van der Waals surface area contributed by atoms with Crippen molar-refractivity contribution in [1.82, 2.24) is 4.90 Å². The summed E-state index contributed by atoms with van der Waals surface area (Å²) in [6.45, 7) is 0.698. The van der Waals surface area contributed by atoms with Crippen molar-refractivity contribution >= 4 is 23.3 Å². The normalized spacial score (nSPS) is 16.1. The second-order valence-electron chi connectivity index (χ2n) is 6.25. The second-order valence-corrected chi connectivity index (χ2v) is 6.68. The molecule has 0 unspecified atom stereocenters. The number of methoxy groups -OCH3 is 3. The van der Waals surface area contributed by atoms with Crippen LogP contribution in [0.1, 0.15) is 24.4 Å². The number of carbonyl (C=O) groups is 1. The number of rotatable bonds is 5. The van der Waals surface area contributed by atoms with Crippen LogP contribution in [0.15, 0.2) is 36.4 Å². The van der Waals surface area contributed by atoms with E-state index in [4.69, 9.17) is 25.8 Å². The molecular formula is C20H23ClN2O4. The Hall–Kier alpha value is -2.60. The minimum atomic E-state index is -0.165. The minimum Gasteiger partial charge on any atom is -0.493 e. The van der Waals surface area contributed by atoms with E-state index in [2.05, 4.69) is 5.32 Å². The lowest BCUT2D eigenvalue weighted by Gasteiger charge is -2.26. The van der Waals surface area contributed by atoms with Crippen LogP contribution in [0.4, 0.5) is 10.5 Å². The Morgan fingerprint density at radius 1 is 1.07 bits per heavy atom. The van der Waals surface area contributed by atoms with Crippen LogP contribution in [0.3, 0.4) is 0 Å². The van der Waals surface area contributed by atoms with Gasteiger partial charge in [-0.15, -0.1) is 0 Å². The fourth-order valence-electron chi connectivity index (χ4n) is 3.39. The molecule has 27 heavy (non-hydrogen) atoms. The minimum absolute atomic E-state index is 0.0318. The average Bonchev–Trinajstić information content (AvgIpc) is 3.17. The van der Waals surface area contributed by atoms with Crippen molar-refractivity contribution in [2.24, 2.45) is 0 Å². The van der Waals surface area contributed by atoms with Crippen molar-refractivity contribution in [3.05, 3.63) is 47.0 Å². The summed E-state index contributed by atoms with van der Waals surface area (Å²) in [5, 5.41) is 3.63. The highest BCUT2D eigenvalue weighted by molar-refractivity contribution is 6.30. The van der Waals surface area contributed by atoms with Crippen molar-refractivity contribution in [2.45, 2.75) is 18.9 Å². The lowest BCUT2D eigenvalue weighted by atomic mass is 10.1. The van der Waals surface area contributed by atoms with Gasteiger partial charge in [-0.2, -0.15) is 0 Å². The Morgan fingerprint density at radius 3 is 2.26 bits per heavy atom. The summed E-state index contributed by atoms with van der Waals surface area (Å²) in [6.07, 6.45) is 1.88. The van der Waals surface area contributed by atoms with Crippen LogP contribution in [0.5, 0.6) is 17.2 Å². The number of nitrogens with zero attached hydrogens (tertiary/aromatic N) is 1. The molecule has 0 saturated carbocycles. The molecule has 0 bridgehead atoms. The molecule has 2 aromatic carbocycles. The molecule has 0 radical (unpaired) electrons. The van der Waals surface area contributed by atoms with E-state index in [-0.39, 0.29) is 12.1 Å². The Balaban J connectivity index is 1.81. The van der Waals surface area contributed by atoms with Gasteiger partial charge >= 0.3 is 6.03 Å². The number of ether oxygens (including phenoxy) is 3. The average molecular weight is 391 g/mol. The van der Waals surface area contributed by atoms with Crippen LogP contribution in [0, 0.1) is 0 Å². The molecule has 0 aromatic heterocycles. The molecule has 6 nitrogen and oxygen atoms in total. The lowest BCUT2D eigenvalue weighted by molar-refractivity contribution is 0.207. The van der Waals surface area contributed by atoms with Crippen LogP contribution >= 0.6 is 11.6 Å². The van der Waals surface area contributed by atoms with E-state index in [9.17, 15) is 4.79 Å². The summed E-state index contributed by atoms with van der Waals surface area (Å²) in [6, 6.07) is 10.9. The number of carbonyl (C=O) groups excluding carboxylic acids is 1. The van der Waals surface area contributed by atoms with Gasteiger partial charge in [0.25, 0.3) is 0 Å². The molecule has 2 amide bonds. The standard InChI is InChI=1S/C20H23ClN2O4/c1-25-17-11-15(12-18(26-2)19(17)27-3)22-20(24)23-10-4-5-16(23)13-6-8-14(21)9-7-13/h6-9,11-12,16H,4-5,10H2,1-3H3,(H,22,24)/t16-/m1/s1. The summed E-state index contributed by atoms with van der Waals surface area (Å²) in [4.78, 5) is 14.7. The van der Waals surface area contributed by atoms with E-state index in [0.29, 0.717) is 34.5 Å². The maximum absolute atomic E-state index is 12.9. The van der Waals surface area contributed by atoms with Crippen LogP contribution in [-0.4, -0.2) is 38.8 Å². The van der Waals surface area contributed by atoms with Crippen LogP contribution in [0.2, 0.25) is 5.02 Å². The van der Waals surface area contributed by atoms with Gasteiger partial charge in [0.1, 0.15) is 0 Å². The maximum atomic E-state index is 12.9. The number of urea groups is 1. The quantitative estimate of drug-likeness (QED) is 0.801. The molecule has 1 N–H and O–H groups in total. The zero-order valence-electron chi connectivity index (χ0n) is 15.6. The zero-order valence-corrected chi connectivity index (χ0v) is 16.4. The Bertz CT molecular complexity index is 785. The van der Waals surface area contributed by atoms with Crippen molar-refractivity contribution in [3.8, 4) is 17.2 Å². The molecular weight excluding hydrogens is 368 g/mol. The smallest absolute Gasteiger partial charge is 0.322 e. The molecule has 1 aliphatic rings. The van der Waals surface area contributed by atoms with Gasteiger partial charge in [-0.05, 0) is 30.5 Å². The number of anilines is 1. The van der Waals surface area contributed by atoms with Gasteiger partial charge in [-0.25, -0.2) is 4.79 Å². The summed E-state index contributed by atoms with van der Waals surface area (Å²) >= 11 is 5.98. The van der Waals surface area contributed by atoms with E-state index in [1.807, 2.05) is 29.2 Å². The monoisotopic (exact) mass is 390 g/mol. The number of halogens is 1. The molecule has 1 atom stereocenters. The predicted octanol–water partition coefficient (Wildman–Crippen LogP) is 4.73. The van der Waals surface area contributed by atoms with E-state index in [0.717, 1.165) is 18.4 Å². The highest BCUT2D eigenvalue weighted by atomic mass is 35.5. The van der Waals surface area contributed by atoms with Gasteiger partial charge in [0.15, 0.2) is 11.5 Å². The van der Waals surface area contributed by atoms with Crippen LogP contribution in [-0.2, 0) is 0 Å². The number of nitrogens with one attached hydrogen (secondary N) is 1. The van der Waals surface area contributed by atoms with Crippen molar-refractivity contribution < 1.29 is 19.0 Å². The third kappa shape index (κ3) is 4.06. The molecule has 0 aliphatic carbocycles. The van der Waals surface area contributed by atoms with E-state index < -0.39 is 0 Å². The SMILES string of the molecule is COc1cc(NC(=O)N2CCC[C@@H]2c2ccc(Cl)cc2)cc(OC)c1OC. The van der Waals surface area contributed by atoms with Crippen LogP contribution in [0.25, 0.3) is 0 Å². The predicted molar refractivity (Wildman–Crippen MR) is 105 cm³/mol. The largest absolute Gasteiger partial charge is 0.493 e. The first-order valence-electron chi connectivity index (χ1n) is 8.70. The summed E-state index contributed by atoms with van der Waals surface area (Å²) < 4.78 is 16.0. The first kappa shape index (κ1) is 19.2. The Morgan fingerprint density at radius 2 is 1.70 bits per heavy atom. The molecule has 1 saturated heterocycles. The number of benzene rings is 2. The highest BCUT2D eigenvalue weighted by Gasteiger charge is 2.30. The first-order valence-corrected chi connectivity index (χ1v) is 9.08. The zero-order chi connectivity index (χ0) is 19.4. The Labute approximate surface area is 164 Å². The van der Waals surface area contributed by atoms with Crippen molar-refractivity contribution in [1.29, 1.82) is 0 Å². The number of likely N-dealkylation sites (tertiary alicyclic amines) is 1. The van der Waals surface area contributed by atoms with Gasteiger partial charge in [-0.1, -0.05) is 23.7 Å². The van der Waals surface area contributed by atoms with Gasteiger partial charge < -0.3 is 24.4 Å². The number of amides is 2. The molecule has 7 heteroatoms. The fourth-order valence-corrected chi connectivity index (χ4v) is 3.52. The molecule has 1 aliphatic heterocycles. The molecule has 0 spiro atoms. The fraction of sp³-hybridized carbons (Fsp3) is 0.350. The topological polar surface area (TPSA) is 60.0 Å². The van der Waals surface area contributed by atoms with Crippen LogP contribution < -0.4 is 19.5 Å². The molecule has 2 aromatic rings. The molecule has 3 rings (SSSR count). The highest BCUT2D eigenvalue weighted by Crippen LogP contribution is 2.40. The lowest BCUT2D eigenvalue weighted by Crippen LogP contribution is -2.34. The van der Waals surface area contributed by atoms with Crippen molar-refractivity contribution in [3.63, 3.8) is 0 Å². The summed E-state index contributed by atoms with van der Waals surface area (Å²) in [7, 11) is 4.62. The Kier molecular flexibility index (Phi) is 5.96. The van der Waals surface area contributed by atoms with Gasteiger partial charge in [0.2, 0.25) is 5.75 Å². The van der Waals surface area contributed by atoms with Crippen molar-refractivity contribution in [2.75, 3.05) is 33.2 Å². The van der Waals surface area contributed by atoms with Gasteiger partial charge in [0, 0.05) is 23.7 Å². The third-order valence-electron chi connectivity index (χ3n) is 4.68. The second kappa shape index (κ2) is 8.39. The van der Waals surface area contributed by atoms with Gasteiger partial charge in [-0.3, -0.25) is 0 Å². The van der Waals surface area contributed by atoms with E-state index >= 15 is 0 Å². The first-order chi connectivity index (χ1) is 13.1. The van der Waals surface area contributed by atoms with Gasteiger partial charge in [0.05, 0.1) is 33.1 Å². The molecule has 144 valence electrons. The summed E-state index contributed by atoms with van der Waals surface area (Å²) in [5.41, 5.74) is 1.66. The van der Waals surface area contributed by atoms with E-state index in [1.165, 1.54) is 0 Å². The molecule has 1 heterocycles. The number of hydrogen-bond acceptors (Lipinski definition) is 4.